The first-order valence-corrected chi connectivity index (χ1v) is 3.11. The fourth-order valence-corrected chi connectivity index (χ4v) is 0.794. The quantitative estimate of drug-likeness (QED) is 0.511. The van der Waals surface area contributed by atoms with Gasteiger partial charge < -0.3 is 0 Å². The standard InChI is InChI=1S/C10H4F2/c1-3-7-5-9(11)8(4-2)10(12)6-7/h1-2,5-6H. The Morgan fingerprint density at radius 2 is 1.50 bits per heavy atom. The van der Waals surface area contributed by atoms with E-state index >= 15 is 0 Å². The van der Waals surface area contributed by atoms with Gasteiger partial charge in [-0.15, -0.1) is 12.8 Å². The maximum absolute atomic E-state index is 12.8. The monoisotopic (exact) mass is 162 g/mol. The van der Waals surface area contributed by atoms with Crippen molar-refractivity contribution in [2.45, 2.75) is 0 Å². The van der Waals surface area contributed by atoms with E-state index in [-0.39, 0.29) is 11.1 Å². The third-order valence-electron chi connectivity index (χ3n) is 1.35. The lowest BCUT2D eigenvalue weighted by molar-refractivity contribution is 0.577. The number of rotatable bonds is 0. The fraction of sp³-hybridized carbons (Fsp3) is 0. The highest BCUT2D eigenvalue weighted by Crippen LogP contribution is 2.13. The zero-order chi connectivity index (χ0) is 9.14. The van der Waals surface area contributed by atoms with Crippen molar-refractivity contribution in [2.24, 2.45) is 0 Å². The summed E-state index contributed by atoms with van der Waals surface area (Å²) in [4.78, 5) is 0. The van der Waals surface area contributed by atoms with Gasteiger partial charge in [0.25, 0.3) is 0 Å². The van der Waals surface area contributed by atoms with Crippen LogP contribution in [0.15, 0.2) is 12.1 Å². The Labute approximate surface area is 69.2 Å². The van der Waals surface area contributed by atoms with Crippen LogP contribution in [0.2, 0.25) is 0 Å². The Balaban J connectivity index is 3.43. The van der Waals surface area contributed by atoms with Crippen LogP contribution in [0.5, 0.6) is 0 Å². The fourth-order valence-electron chi connectivity index (χ4n) is 0.794. The van der Waals surface area contributed by atoms with Gasteiger partial charge in [-0.1, -0.05) is 11.8 Å². The highest BCUT2D eigenvalue weighted by Gasteiger charge is 2.07. The molecule has 0 unspecified atom stereocenters. The second kappa shape index (κ2) is 3.07. The number of hydrogen-bond donors (Lipinski definition) is 0. The molecule has 58 valence electrons. The second-order valence-electron chi connectivity index (χ2n) is 2.10. The van der Waals surface area contributed by atoms with Crippen molar-refractivity contribution in [3.8, 4) is 24.7 Å². The van der Waals surface area contributed by atoms with Gasteiger partial charge in [-0.2, -0.15) is 0 Å². The normalized spacial score (nSPS) is 8.67. The van der Waals surface area contributed by atoms with Gasteiger partial charge in [0.15, 0.2) is 0 Å². The molecule has 12 heavy (non-hydrogen) atoms. The molecule has 0 saturated carbocycles. The Hall–Kier alpha value is -1.80. The predicted molar refractivity (Wildman–Crippen MR) is 42.2 cm³/mol. The van der Waals surface area contributed by atoms with Crippen LogP contribution in [0.25, 0.3) is 0 Å². The van der Waals surface area contributed by atoms with Crippen molar-refractivity contribution in [2.75, 3.05) is 0 Å². The van der Waals surface area contributed by atoms with E-state index in [9.17, 15) is 8.78 Å². The van der Waals surface area contributed by atoms with Crippen LogP contribution in [0, 0.1) is 36.3 Å². The summed E-state index contributed by atoms with van der Waals surface area (Å²) in [6.45, 7) is 0. The molecule has 1 aromatic rings. The number of benzene rings is 1. The van der Waals surface area contributed by atoms with Gasteiger partial charge in [0.2, 0.25) is 0 Å². The van der Waals surface area contributed by atoms with Crippen molar-refractivity contribution < 1.29 is 8.78 Å². The average molecular weight is 162 g/mol. The Morgan fingerprint density at radius 1 is 1.00 bits per heavy atom. The van der Waals surface area contributed by atoms with Crippen LogP contribution in [0.1, 0.15) is 11.1 Å². The molecular formula is C10H4F2. The third kappa shape index (κ3) is 1.28. The molecular weight excluding hydrogens is 158 g/mol. The van der Waals surface area contributed by atoms with Gasteiger partial charge in [-0.05, 0) is 12.1 Å². The van der Waals surface area contributed by atoms with Crippen LogP contribution in [-0.2, 0) is 0 Å². The maximum Gasteiger partial charge on any atom is 0.143 e. The van der Waals surface area contributed by atoms with E-state index in [1.165, 1.54) is 0 Å². The molecule has 0 amide bonds. The van der Waals surface area contributed by atoms with Gasteiger partial charge in [-0.25, -0.2) is 8.78 Å². The van der Waals surface area contributed by atoms with Gasteiger partial charge >= 0.3 is 0 Å². The van der Waals surface area contributed by atoms with E-state index in [1.54, 1.807) is 0 Å². The Morgan fingerprint density at radius 3 is 1.83 bits per heavy atom. The molecule has 0 N–H and O–H groups in total. The molecule has 1 rings (SSSR count). The highest BCUT2D eigenvalue weighted by atomic mass is 19.1. The largest absolute Gasteiger partial charge is 0.205 e. The molecule has 0 atom stereocenters. The van der Waals surface area contributed by atoms with E-state index in [1.807, 2.05) is 5.92 Å². The van der Waals surface area contributed by atoms with E-state index in [2.05, 4.69) is 5.92 Å². The number of terminal acetylenes is 2. The molecule has 0 heterocycles. The second-order valence-corrected chi connectivity index (χ2v) is 2.10. The Kier molecular flexibility index (Phi) is 2.12. The molecule has 0 radical (unpaired) electrons. The summed E-state index contributed by atoms with van der Waals surface area (Å²) in [6.07, 6.45) is 9.81. The van der Waals surface area contributed by atoms with Gasteiger partial charge in [0, 0.05) is 5.56 Å². The predicted octanol–water partition coefficient (Wildman–Crippen LogP) is 1.93. The summed E-state index contributed by atoms with van der Waals surface area (Å²) in [5, 5.41) is 0. The van der Waals surface area contributed by atoms with Crippen molar-refractivity contribution in [3.05, 3.63) is 34.9 Å². The summed E-state index contributed by atoms with van der Waals surface area (Å²) in [5.74, 6) is 2.41. The van der Waals surface area contributed by atoms with E-state index in [4.69, 9.17) is 12.8 Å². The maximum atomic E-state index is 12.8. The van der Waals surface area contributed by atoms with E-state index in [0.717, 1.165) is 12.1 Å². The van der Waals surface area contributed by atoms with Crippen LogP contribution in [0.4, 0.5) is 8.78 Å². The molecule has 0 fully saturated rings. The molecule has 0 bridgehead atoms. The first-order chi connectivity index (χ1) is 5.69. The van der Waals surface area contributed by atoms with Crippen LogP contribution in [0.3, 0.4) is 0 Å². The minimum Gasteiger partial charge on any atom is -0.205 e. The van der Waals surface area contributed by atoms with Crippen molar-refractivity contribution >= 4 is 0 Å². The van der Waals surface area contributed by atoms with Crippen molar-refractivity contribution in [1.29, 1.82) is 0 Å². The molecule has 0 aliphatic carbocycles. The lowest BCUT2D eigenvalue weighted by atomic mass is 10.1. The molecule has 0 aliphatic heterocycles. The molecule has 2 heteroatoms. The summed E-state index contributed by atoms with van der Waals surface area (Å²) < 4.78 is 25.6. The zero-order valence-electron chi connectivity index (χ0n) is 6.07. The van der Waals surface area contributed by atoms with Crippen LogP contribution >= 0.6 is 0 Å². The molecule has 0 aliphatic rings. The third-order valence-corrected chi connectivity index (χ3v) is 1.35. The zero-order valence-corrected chi connectivity index (χ0v) is 6.07. The highest BCUT2D eigenvalue weighted by molar-refractivity contribution is 5.42. The summed E-state index contributed by atoms with van der Waals surface area (Å²) in [7, 11) is 0. The number of hydrogen-bond acceptors (Lipinski definition) is 0. The Bertz CT molecular complexity index is 368. The SMILES string of the molecule is C#Cc1cc(F)c(C#C)c(F)c1. The lowest BCUT2D eigenvalue weighted by Gasteiger charge is -1.97. The summed E-state index contributed by atoms with van der Waals surface area (Å²) in [5.41, 5.74) is -0.238. The average Bonchev–Trinajstić information content (AvgIpc) is 2.03. The van der Waals surface area contributed by atoms with Crippen molar-refractivity contribution in [1.82, 2.24) is 0 Å². The first kappa shape index (κ1) is 8.30. The van der Waals surface area contributed by atoms with Gasteiger partial charge in [0.05, 0.1) is 5.56 Å². The van der Waals surface area contributed by atoms with E-state index in [0.29, 0.717) is 0 Å². The molecule has 1 aromatic carbocycles. The minimum atomic E-state index is -0.801. The first-order valence-electron chi connectivity index (χ1n) is 3.11. The van der Waals surface area contributed by atoms with Crippen molar-refractivity contribution in [3.63, 3.8) is 0 Å². The minimum absolute atomic E-state index is 0.143. The van der Waals surface area contributed by atoms with E-state index < -0.39 is 11.6 Å². The number of halogens is 2. The molecule has 0 saturated heterocycles. The molecule has 0 spiro atoms. The molecule has 0 aromatic heterocycles. The molecule has 0 nitrogen and oxygen atoms in total. The summed E-state index contributed by atoms with van der Waals surface area (Å²) >= 11 is 0. The lowest BCUT2D eigenvalue weighted by Crippen LogP contribution is -1.91. The summed E-state index contributed by atoms with van der Waals surface area (Å²) in [6, 6.07) is 2.05. The topological polar surface area (TPSA) is 0 Å². The van der Waals surface area contributed by atoms with Crippen LogP contribution < -0.4 is 0 Å². The van der Waals surface area contributed by atoms with Gasteiger partial charge in [0.1, 0.15) is 11.6 Å². The van der Waals surface area contributed by atoms with Crippen LogP contribution in [-0.4, -0.2) is 0 Å². The smallest absolute Gasteiger partial charge is 0.143 e. The van der Waals surface area contributed by atoms with Gasteiger partial charge in [-0.3, -0.25) is 0 Å².